The van der Waals surface area contributed by atoms with Gasteiger partial charge in [0.15, 0.2) is 0 Å². The first-order valence-electron chi connectivity index (χ1n) is 4.55. The molecule has 2 rings (SSSR count). The third-order valence-corrected chi connectivity index (χ3v) is 4.21. The number of nitrogens with one attached hydrogen (secondary N) is 1. The van der Waals surface area contributed by atoms with Crippen LogP contribution < -0.4 is 10.5 Å². The van der Waals surface area contributed by atoms with Gasteiger partial charge >= 0.3 is 0 Å². The van der Waals surface area contributed by atoms with Crippen molar-refractivity contribution < 1.29 is 4.79 Å². The predicted molar refractivity (Wildman–Crippen MR) is 68.1 cm³/mol. The Bertz CT molecular complexity index is 428. The molecule has 3 nitrogen and oxygen atoms in total. The summed E-state index contributed by atoms with van der Waals surface area (Å²) in [5, 5.41) is 8.91. The number of carbonyl (C=O) groups is 1. The maximum absolute atomic E-state index is 12.0. The van der Waals surface area contributed by atoms with Gasteiger partial charge in [-0.15, -0.1) is 10.7 Å². The van der Waals surface area contributed by atoms with Gasteiger partial charge in [0, 0.05) is 22.3 Å². The highest BCUT2D eigenvalue weighted by atomic mass is 79.9. The van der Waals surface area contributed by atoms with E-state index in [0.29, 0.717) is 10.6 Å². The third-order valence-electron chi connectivity index (χ3n) is 2.18. The molecule has 1 atom stereocenters. The average Bonchev–Trinajstić information content (AvgIpc) is 2.65. The molecule has 1 unspecified atom stereocenters. The van der Waals surface area contributed by atoms with E-state index in [4.69, 9.17) is 5.14 Å². The normalized spacial score (nSPS) is 20.7. The van der Waals surface area contributed by atoms with Gasteiger partial charge < -0.3 is 0 Å². The van der Waals surface area contributed by atoms with Crippen LogP contribution in [0.15, 0.2) is 28.7 Å². The summed E-state index contributed by atoms with van der Waals surface area (Å²) in [7, 11) is -0.402. The van der Waals surface area contributed by atoms with Gasteiger partial charge in [0.2, 0.25) is 5.78 Å². The van der Waals surface area contributed by atoms with E-state index in [9.17, 15) is 4.79 Å². The van der Waals surface area contributed by atoms with Crippen molar-refractivity contribution in [2.45, 2.75) is 0 Å². The number of carbonyl (C=O) groups excluding carboxylic acids is 1. The molecule has 0 aliphatic carbocycles. The molecule has 0 saturated carbocycles. The maximum Gasteiger partial charge on any atom is 0.210 e. The number of hydrogen-bond acceptors (Lipinski definition) is 3. The van der Waals surface area contributed by atoms with Crippen molar-refractivity contribution in [1.29, 1.82) is 0 Å². The Kier molecular flexibility index (Phi) is 3.35. The van der Waals surface area contributed by atoms with Gasteiger partial charge in [-0.05, 0) is 24.3 Å². The summed E-state index contributed by atoms with van der Waals surface area (Å²) >= 11 is 3.33. The van der Waals surface area contributed by atoms with E-state index in [1.165, 1.54) is 0 Å². The van der Waals surface area contributed by atoms with Gasteiger partial charge in [0.1, 0.15) is 4.99 Å². The molecule has 0 spiro atoms. The van der Waals surface area contributed by atoms with E-state index in [-0.39, 0.29) is 5.78 Å². The zero-order valence-corrected chi connectivity index (χ0v) is 10.4. The SMILES string of the molecule is NS1=C(C(=O)c2ccc(Br)cc2)NCC1. The molecule has 15 heavy (non-hydrogen) atoms. The van der Waals surface area contributed by atoms with E-state index in [0.717, 1.165) is 16.8 Å². The van der Waals surface area contributed by atoms with Crippen LogP contribution in [0.4, 0.5) is 0 Å². The Labute approximate surface area is 99.2 Å². The second-order valence-electron chi connectivity index (χ2n) is 3.22. The smallest absolute Gasteiger partial charge is 0.210 e. The van der Waals surface area contributed by atoms with Gasteiger partial charge in [-0.1, -0.05) is 15.9 Å². The number of nitrogens with two attached hydrogens (primary N) is 1. The molecule has 0 bridgehead atoms. The van der Waals surface area contributed by atoms with E-state index >= 15 is 0 Å². The van der Waals surface area contributed by atoms with Crippen LogP contribution in [0, 0.1) is 0 Å². The molecular formula is C10H11BrN2OS. The minimum absolute atomic E-state index is 0.0193. The minimum atomic E-state index is -0.402. The van der Waals surface area contributed by atoms with Gasteiger partial charge in [-0.25, -0.2) is 0 Å². The van der Waals surface area contributed by atoms with Crippen molar-refractivity contribution in [3.05, 3.63) is 34.3 Å². The molecule has 1 aromatic rings. The standard InChI is InChI=1S/C10H11BrN2OS/c11-8-3-1-7(2-4-8)9(14)10-13-5-6-15(10)12/h1-4,13H,5-6,12H2. The summed E-state index contributed by atoms with van der Waals surface area (Å²) in [6.45, 7) is 0.803. The lowest BCUT2D eigenvalue weighted by Gasteiger charge is -2.03. The molecule has 5 heteroatoms. The van der Waals surface area contributed by atoms with E-state index in [2.05, 4.69) is 21.2 Å². The molecule has 0 radical (unpaired) electrons. The largest absolute Gasteiger partial charge is 0.287 e. The first-order chi connectivity index (χ1) is 7.18. The Hall–Kier alpha value is -0.490. The maximum atomic E-state index is 12.0. The van der Waals surface area contributed by atoms with Crippen molar-refractivity contribution in [2.24, 2.45) is 5.14 Å². The molecule has 1 aromatic carbocycles. The highest BCUT2D eigenvalue weighted by molar-refractivity contribution is 9.10. The van der Waals surface area contributed by atoms with Crippen LogP contribution in [0.25, 0.3) is 0 Å². The lowest BCUT2D eigenvalue weighted by Crippen LogP contribution is -2.27. The zero-order chi connectivity index (χ0) is 10.8. The van der Waals surface area contributed by atoms with Crippen molar-refractivity contribution in [3.63, 3.8) is 0 Å². The van der Waals surface area contributed by atoms with Gasteiger partial charge in [0.05, 0.1) is 0 Å². The first-order valence-corrected chi connectivity index (χ1v) is 6.80. The fourth-order valence-electron chi connectivity index (χ4n) is 1.40. The second kappa shape index (κ2) is 4.57. The summed E-state index contributed by atoms with van der Waals surface area (Å²) in [4.78, 5) is 12.6. The summed E-state index contributed by atoms with van der Waals surface area (Å²) in [6.07, 6.45) is 0. The van der Waals surface area contributed by atoms with Gasteiger partial charge in [-0.2, -0.15) is 0 Å². The predicted octanol–water partition coefficient (Wildman–Crippen LogP) is 1.51. The Balaban J connectivity index is 2.28. The molecule has 3 N–H and O–H groups in total. The summed E-state index contributed by atoms with van der Waals surface area (Å²) in [6, 6.07) is 7.32. The van der Waals surface area contributed by atoms with Gasteiger partial charge in [0.25, 0.3) is 0 Å². The Morgan fingerprint density at radius 1 is 1.40 bits per heavy atom. The third kappa shape index (κ3) is 2.36. The van der Waals surface area contributed by atoms with Crippen LogP contribution in [-0.2, 0) is 0 Å². The lowest BCUT2D eigenvalue weighted by molar-refractivity contribution is 0.106. The molecule has 0 fully saturated rings. The van der Waals surface area contributed by atoms with Crippen molar-refractivity contribution >= 4 is 37.4 Å². The van der Waals surface area contributed by atoms with Crippen LogP contribution in [0.3, 0.4) is 0 Å². The van der Waals surface area contributed by atoms with Crippen LogP contribution in [0.2, 0.25) is 0 Å². The number of halogens is 1. The second-order valence-corrected chi connectivity index (χ2v) is 5.81. The summed E-state index contributed by atoms with van der Waals surface area (Å²) < 4.78 is 0.968. The molecule has 80 valence electrons. The Morgan fingerprint density at radius 3 is 2.60 bits per heavy atom. The number of ketones is 1. The molecule has 0 amide bonds. The molecule has 1 aliphatic heterocycles. The summed E-state index contributed by atoms with van der Waals surface area (Å²) in [5.41, 5.74) is 0.686. The van der Waals surface area contributed by atoms with Crippen molar-refractivity contribution in [2.75, 3.05) is 12.3 Å². The monoisotopic (exact) mass is 286 g/mol. The number of benzene rings is 1. The topological polar surface area (TPSA) is 55.1 Å². The molecule has 1 heterocycles. The fourth-order valence-corrected chi connectivity index (χ4v) is 2.83. The quantitative estimate of drug-likeness (QED) is 0.640. The van der Waals surface area contributed by atoms with E-state index < -0.39 is 10.7 Å². The van der Waals surface area contributed by atoms with E-state index in [1.807, 2.05) is 12.1 Å². The lowest BCUT2D eigenvalue weighted by atomic mass is 10.1. The molecule has 1 aliphatic rings. The fraction of sp³-hybridized carbons (Fsp3) is 0.200. The molecule has 0 aromatic heterocycles. The van der Waals surface area contributed by atoms with Gasteiger partial charge in [-0.3, -0.25) is 15.3 Å². The van der Waals surface area contributed by atoms with Crippen LogP contribution in [-0.4, -0.2) is 23.1 Å². The van der Waals surface area contributed by atoms with E-state index in [1.54, 1.807) is 12.1 Å². The highest BCUT2D eigenvalue weighted by Crippen LogP contribution is 2.15. The average molecular weight is 287 g/mol. The van der Waals surface area contributed by atoms with Crippen LogP contribution >= 0.6 is 26.6 Å². The van der Waals surface area contributed by atoms with Crippen molar-refractivity contribution in [1.82, 2.24) is 5.32 Å². The minimum Gasteiger partial charge on any atom is -0.287 e. The number of rotatable bonds is 2. The summed E-state index contributed by atoms with van der Waals surface area (Å²) in [5.74, 6) is 0.878. The first kappa shape index (κ1) is 11.0. The Morgan fingerprint density at radius 2 is 2.07 bits per heavy atom. The van der Waals surface area contributed by atoms with Crippen LogP contribution in [0.1, 0.15) is 10.4 Å². The van der Waals surface area contributed by atoms with Crippen LogP contribution in [0.5, 0.6) is 0 Å². The van der Waals surface area contributed by atoms with Crippen molar-refractivity contribution in [3.8, 4) is 0 Å². The molecular weight excluding hydrogens is 276 g/mol. The number of Topliss-reactive ketones (excluding diaryl/α,β-unsaturated/α-hetero) is 1. The highest BCUT2D eigenvalue weighted by Gasteiger charge is 2.18. The zero-order valence-electron chi connectivity index (χ0n) is 8.00. The number of hydrogen-bond donors (Lipinski definition) is 2. The molecule has 0 saturated heterocycles.